The van der Waals surface area contributed by atoms with Crippen LogP contribution in [0, 0.1) is 11.7 Å². The molecule has 23 heavy (non-hydrogen) atoms. The van der Waals surface area contributed by atoms with Gasteiger partial charge in [-0.3, -0.25) is 4.79 Å². The summed E-state index contributed by atoms with van der Waals surface area (Å²) < 4.78 is 12.8. The smallest absolute Gasteiger partial charge is 0.270 e. The van der Waals surface area contributed by atoms with Crippen molar-refractivity contribution in [3.05, 3.63) is 53.6 Å². The summed E-state index contributed by atoms with van der Waals surface area (Å²) >= 11 is 0. The molecule has 0 atom stereocenters. The zero-order chi connectivity index (χ0) is 16.7. The monoisotopic (exact) mass is 316 g/mol. The van der Waals surface area contributed by atoms with Crippen LogP contribution >= 0.6 is 0 Å². The number of carbonyl (C=O) groups is 1. The molecule has 1 amide bonds. The molecule has 0 bridgehead atoms. The van der Waals surface area contributed by atoms with Crippen molar-refractivity contribution in [3.8, 4) is 0 Å². The van der Waals surface area contributed by atoms with Crippen LogP contribution in [0.2, 0.25) is 0 Å². The lowest BCUT2D eigenvalue weighted by Gasteiger charge is -2.08. The van der Waals surface area contributed by atoms with E-state index in [9.17, 15) is 9.18 Å². The average Bonchev–Trinajstić information content (AvgIpc) is 2.55. The van der Waals surface area contributed by atoms with Gasteiger partial charge in [-0.1, -0.05) is 26.0 Å². The molecule has 0 aliphatic carbocycles. The molecular formula is C17H21FN4O. The van der Waals surface area contributed by atoms with Crippen LogP contribution in [0.4, 0.5) is 10.3 Å². The highest BCUT2D eigenvalue weighted by molar-refractivity contribution is 5.92. The molecule has 0 saturated carbocycles. The van der Waals surface area contributed by atoms with Gasteiger partial charge in [-0.15, -0.1) is 0 Å². The second-order valence-electron chi connectivity index (χ2n) is 5.67. The normalized spacial score (nSPS) is 10.6. The van der Waals surface area contributed by atoms with Gasteiger partial charge in [0.05, 0.1) is 0 Å². The number of hydrogen-bond donors (Lipinski definition) is 2. The Hall–Kier alpha value is -2.50. The number of carbonyl (C=O) groups excluding carboxylic acids is 1. The van der Waals surface area contributed by atoms with E-state index in [1.165, 1.54) is 12.1 Å². The van der Waals surface area contributed by atoms with Crippen molar-refractivity contribution in [1.82, 2.24) is 15.3 Å². The summed E-state index contributed by atoms with van der Waals surface area (Å²) in [5, 5.41) is 5.89. The summed E-state index contributed by atoms with van der Waals surface area (Å²) in [5.41, 5.74) is 1.36. The lowest BCUT2D eigenvalue weighted by molar-refractivity contribution is 0.0944. The molecule has 0 radical (unpaired) electrons. The van der Waals surface area contributed by atoms with Crippen LogP contribution in [0.1, 0.15) is 29.9 Å². The Morgan fingerprint density at radius 2 is 1.96 bits per heavy atom. The molecule has 2 N–H and O–H groups in total. The highest BCUT2D eigenvalue weighted by Crippen LogP contribution is 2.05. The van der Waals surface area contributed by atoms with E-state index in [4.69, 9.17) is 0 Å². The Balaban J connectivity index is 1.87. The van der Waals surface area contributed by atoms with Crippen molar-refractivity contribution in [2.45, 2.75) is 20.3 Å². The third-order valence-corrected chi connectivity index (χ3v) is 3.17. The average molecular weight is 316 g/mol. The second kappa shape index (κ2) is 8.22. The summed E-state index contributed by atoms with van der Waals surface area (Å²) in [4.78, 5) is 20.3. The van der Waals surface area contributed by atoms with Crippen LogP contribution < -0.4 is 10.6 Å². The standard InChI is InChI=1S/C17H21FN4O/c1-12(2)11-21-16(23)15-8-10-20-17(22-15)19-9-7-13-3-5-14(18)6-4-13/h3-6,8,10,12H,7,9,11H2,1-2H3,(H,21,23)(H,19,20,22). The molecule has 2 aromatic rings. The van der Waals surface area contributed by atoms with Crippen LogP contribution in [-0.2, 0) is 6.42 Å². The Morgan fingerprint density at radius 1 is 1.22 bits per heavy atom. The zero-order valence-corrected chi connectivity index (χ0v) is 13.3. The number of nitrogens with one attached hydrogen (secondary N) is 2. The van der Waals surface area contributed by atoms with Gasteiger partial charge in [-0.05, 0) is 36.1 Å². The molecule has 0 aliphatic heterocycles. The van der Waals surface area contributed by atoms with Crippen molar-refractivity contribution < 1.29 is 9.18 Å². The van der Waals surface area contributed by atoms with Gasteiger partial charge in [-0.2, -0.15) is 0 Å². The summed E-state index contributed by atoms with van der Waals surface area (Å²) in [6.07, 6.45) is 2.27. The van der Waals surface area contributed by atoms with Crippen LogP contribution in [0.5, 0.6) is 0 Å². The Morgan fingerprint density at radius 3 is 2.65 bits per heavy atom. The van der Waals surface area contributed by atoms with E-state index in [0.717, 1.165) is 5.56 Å². The molecule has 0 fully saturated rings. The van der Waals surface area contributed by atoms with Crippen molar-refractivity contribution in [3.63, 3.8) is 0 Å². The van der Waals surface area contributed by atoms with Crippen molar-refractivity contribution in [2.75, 3.05) is 18.4 Å². The molecule has 0 aliphatic rings. The SMILES string of the molecule is CC(C)CNC(=O)c1ccnc(NCCc2ccc(F)cc2)n1. The van der Waals surface area contributed by atoms with Crippen LogP contribution in [-0.4, -0.2) is 29.0 Å². The van der Waals surface area contributed by atoms with E-state index in [-0.39, 0.29) is 11.7 Å². The Labute approximate surface area is 135 Å². The minimum absolute atomic E-state index is 0.206. The maximum Gasteiger partial charge on any atom is 0.270 e. The first-order chi connectivity index (χ1) is 11.0. The predicted octanol–water partition coefficient (Wildman–Crippen LogP) is 2.66. The van der Waals surface area contributed by atoms with Gasteiger partial charge in [0.15, 0.2) is 0 Å². The number of hydrogen-bond acceptors (Lipinski definition) is 4. The molecule has 6 heteroatoms. The maximum atomic E-state index is 12.8. The third-order valence-electron chi connectivity index (χ3n) is 3.17. The molecule has 1 aromatic carbocycles. The number of anilines is 1. The second-order valence-corrected chi connectivity index (χ2v) is 5.67. The van der Waals surface area contributed by atoms with Gasteiger partial charge in [0.1, 0.15) is 11.5 Å². The predicted molar refractivity (Wildman–Crippen MR) is 87.8 cm³/mol. The number of amides is 1. The van der Waals surface area contributed by atoms with Gasteiger partial charge in [0.25, 0.3) is 5.91 Å². The molecule has 1 aromatic heterocycles. The summed E-state index contributed by atoms with van der Waals surface area (Å²) in [5.74, 6) is 0.339. The fourth-order valence-corrected chi connectivity index (χ4v) is 1.93. The molecule has 0 saturated heterocycles. The lowest BCUT2D eigenvalue weighted by Crippen LogP contribution is -2.28. The first kappa shape index (κ1) is 16.9. The Kier molecular flexibility index (Phi) is 6.02. The number of aromatic nitrogens is 2. The largest absolute Gasteiger partial charge is 0.354 e. The number of halogens is 1. The van der Waals surface area contributed by atoms with Gasteiger partial charge in [0, 0.05) is 19.3 Å². The van der Waals surface area contributed by atoms with Crippen molar-refractivity contribution >= 4 is 11.9 Å². The topological polar surface area (TPSA) is 66.9 Å². The third kappa shape index (κ3) is 5.65. The van der Waals surface area contributed by atoms with Gasteiger partial charge in [0.2, 0.25) is 5.95 Å². The fourth-order valence-electron chi connectivity index (χ4n) is 1.93. The highest BCUT2D eigenvalue weighted by atomic mass is 19.1. The van der Waals surface area contributed by atoms with E-state index in [0.29, 0.717) is 37.1 Å². The first-order valence-electron chi connectivity index (χ1n) is 7.64. The van der Waals surface area contributed by atoms with Crippen LogP contribution in [0.25, 0.3) is 0 Å². The Bertz CT molecular complexity index is 643. The summed E-state index contributed by atoms with van der Waals surface area (Å²) in [6, 6.07) is 7.94. The molecule has 1 heterocycles. The lowest BCUT2D eigenvalue weighted by atomic mass is 10.1. The van der Waals surface area contributed by atoms with Gasteiger partial charge in [-0.25, -0.2) is 14.4 Å². The van der Waals surface area contributed by atoms with E-state index >= 15 is 0 Å². The molecule has 122 valence electrons. The van der Waals surface area contributed by atoms with Gasteiger partial charge >= 0.3 is 0 Å². The molecular weight excluding hydrogens is 295 g/mol. The first-order valence-corrected chi connectivity index (χ1v) is 7.64. The fraction of sp³-hybridized carbons (Fsp3) is 0.353. The van der Waals surface area contributed by atoms with E-state index in [1.807, 2.05) is 13.8 Å². The number of rotatable bonds is 7. The van der Waals surface area contributed by atoms with Gasteiger partial charge < -0.3 is 10.6 Å². The molecule has 5 nitrogen and oxygen atoms in total. The molecule has 0 unspecified atom stereocenters. The minimum Gasteiger partial charge on any atom is -0.354 e. The number of benzene rings is 1. The van der Waals surface area contributed by atoms with E-state index in [2.05, 4.69) is 20.6 Å². The maximum absolute atomic E-state index is 12.8. The van der Waals surface area contributed by atoms with Crippen LogP contribution in [0.15, 0.2) is 36.5 Å². The summed E-state index contributed by atoms with van der Waals surface area (Å²) in [7, 11) is 0. The molecule has 0 spiro atoms. The quantitative estimate of drug-likeness (QED) is 0.824. The van der Waals surface area contributed by atoms with Crippen LogP contribution in [0.3, 0.4) is 0 Å². The van der Waals surface area contributed by atoms with Crippen molar-refractivity contribution in [2.24, 2.45) is 5.92 Å². The zero-order valence-electron chi connectivity index (χ0n) is 13.3. The highest BCUT2D eigenvalue weighted by Gasteiger charge is 2.08. The van der Waals surface area contributed by atoms with Crippen molar-refractivity contribution in [1.29, 1.82) is 0 Å². The summed E-state index contributed by atoms with van der Waals surface area (Å²) in [6.45, 7) is 5.27. The molecule has 2 rings (SSSR count). The number of nitrogens with zero attached hydrogens (tertiary/aromatic N) is 2. The van der Waals surface area contributed by atoms with E-state index in [1.54, 1.807) is 24.4 Å². The minimum atomic E-state index is -0.245. The van der Waals surface area contributed by atoms with E-state index < -0.39 is 0 Å².